The van der Waals surface area contributed by atoms with Gasteiger partial charge in [0.1, 0.15) is 5.82 Å². The molecule has 4 nitrogen and oxygen atoms in total. The monoisotopic (exact) mass is 226 g/mol. The van der Waals surface area contributed by atoms with Crippen molar-refractivity contribution < 1.29 is 13.7 Å². The first-order chi connectivity index (χ1) is 7.56. The van der Waals surface area contributed by atoms with Crippen molar-refractivity contribution in [3.63, 3.8) is 0 Å². The number of benzene rings is 1. The van der Waals surface area contributed by atoms with Crippen LogP contribution in [0, 0.1) is 33.6 Å². The lowest BCUT2D eigenvalue weighted by Crippen LogP contribution is -1.97. The Balaban J connectivity index is 3.12. The maximum Gasteiger partial charge on any atom is 0.307 e. The molecule has 0 aliphatic carbocycles. The molecule has 0 fully saturated rings. The minimum Gasteiger partial charge on any atom is -0.330 e. The summed E-state index contributed by atoms with van der Waals surface area (Å²) in [7, 11) is 0. The van der Waals surface area contributed by atoms with Gasteiger partial charge in [0.25, 0.3) is 0 Å². The van der Waals surface area contributed by atoms with E-state index in [1.807, 2.05) is 0 Å². The van der Waals surface area contributed by atoms with Gasteiger partial charge in [0.15, 0.2) is 0 Å². The summed E-state index contributed by atoms with van der Waals surface area (Å²) in [6.07, 6.45) is 0.345. The summed E-state index contributed by atoms with van der Waals surface area (Å²) < 4.78 is 26.3. The Morgan fingerprint density at radius 3 is 2.62 bits per heavy atom. The molecule has 0 aromatic heterocycles. The minimum absolute atomic E-state index is 0.212. The second-order valence-electron chi connectivity index (χ2n) is 2.88. The van der Waals surface area contributed by atoms with Gasteiger partial charge in [-0.2, -0.15) is 4.39 Å². The standard InChI is InChI=1S/C10H8F2N2O2/c11-8-6-10(14(15)16)9(12)5-7(8)3-1-2-4-13/h5-6H,2,4,13H2. The van der Waals surface area contributed by atoms with E-state index in [1.165, 1.54) is 0 Å². The maximum atomic E-state index is 13.2. The van der Waals surface area contributed by atoms with Crippen molar-refractivity contribution in [3.05, 3.63) is 39.4 Å². The van der Waals surface area contributed by atoms with E-state index in [4.69, 9.17) is 5.73 Å². The molecule has 1 rings (SSSR count). The van der Waals surface area contributed by atoms with Gasteiger partial charge in [0.2, 0.25) is 5.82 Å². The van der Waals surface area contributed by atoms with Gasteiger partial charge in [-0.25, -0.2) is 4.39 Å². The van der Waals surface area contributed by atoms with Crippen molar-refractivity contribution in [1.29, 1.82) is 0 Å². The van der Waals surface area contributed by atoms with Crippen LogP contribution in [0.4, 0.5) is 14.5 Å². The van der Waals surface area contributed by atoms with E-state index in [-0.39, 0.29) is 5.56 Å². The Labute approximate surface area is 90.2 Å². The smallest absolute Gasteiger partial charge is 0.307 e. The van der Waals surface area contributed by atoms with E-state index < -0.39 is 22.2 Å². The van der Waals surface area contributed by atoms with E-state index >= 15 is 0 Å². The number of halogens is 2. The van der Waals surface area contributed by atoms with E-state index in [1.54, 1.807) is 0 Å². The quantitative estimate of drug-likeness (QED) is 0.472. The zero-order valence-corrected chi connectivity index (χ0v) is 8.17. The Bertz CT molecular complexity index is 478. The molecule has 0 bridgehead atoms. The molecule has 0 aliphatic rings. The Hall–Kier alpha value is -2.00. The van der Waals surface area contributed by atoms with Crippen LogP contribution < -0.4 is 5.73 Å². The number of rotatable bonds is 2. The van der Waals surface area contributed by atoms with Crippen LogP contribution in [0.3, 0.4) is 0 Å². The fourth-order valence-corrected chi connectivity index (χ4v) is 1.00. The number of nitro benzene ring substituents is 1. The number of hydrogen-bond donors (Lipinski definition) is 1. The third-order valence-corrected chi connectivity index (χ3v) is 1.73. The van der Waals surface area contributed by atoms with Crippen molar-refractivity contribution in [2.75, 3.05) is 6.54 Å². The third-order valence-electron chi connectivity index (χ3n) is 1.73. The van der Waals surface area contributed by atoms with E-state index in [9.17, 15) is 18.9 Å². The second kappa shape index (κ2) is 5.19. The highest BCUT2D eigenvalue weighted by Gasteiger charge is 2.17. The predicted molar refractivity (Wildman–Crippen MR) is 53.6 cm³/mol. The highest BCUT2D eigenvalue weighted by atomic mass is 19.1. The number of hydrogen-bond acceptors (Lipinski definition) is 3. The van der Waals surface area contributed by atoms with Crippen LogP contribution in [0.2, 0.25) is 0 Å². The number of nitro groups is 1. The zero-order valence-electron chi connectivity index (χ0n) is 8.17. The van der Waals surface area contributed by atoms with E-state index in [2.05, 4.69) is 11.8 Å². The molecule has 16 heavy (non-hydrogen) atoms. The lowest BCUT2D eigenvalue weighted by Gasteiger charge is -1.97. The molecule has 0 spiro atoms. The third kappa shape index (κ3) is 2.74. The summed E-state index contributed by atoms with van der Waals surface area (Å²) >= 11 is 0. The molecule has 0 saturated heterocycles. The molecule has 0 radical (unpaired) electrons. The summed E-state index contributed by atoms with van der Waals surface area (Å²) in [5.74, 6) is 2.84. The minimum atomic E-state index is -1.11. The van der Waals surface area contributed by atoms with Crippen LogP contribution in [0.1, 0.15) is 12.0 Å². The lowest BCUT2D eigenvalue weighted by molar-refractivity contribution is -0.387. The average Bonchev–Trinajstić information content (AvgIpc) is 2.22. The van der Waals surface area contributed by atoms with Crippen LogP contribution in [0.15, 0.2) is 12.1 Å². The van der Waals surface area contributed by atoms with Crippen LogP contribution in [-0.2, 0) is 0 Å². The highest BCUT2D eigenvalue weighted by molar-refractivity contribution is 5.43. The van der Waals surface area contributed by atoms with Crippen LogP contribution >= 0.6 is 0 Å². The van der Waals surface area contributed by atoms with Gasteiger partial charge >= 0.3 is 5.69 Å². The van der Waals surface area contributed by atoms with Crippen molar-refractivity contribution >= 4 is 5.69 Å². The molecule has 0 heterocycles. The normalized spacial score (nSPS) is 9.44. The van der Waals surface area contributed by atoms with E-state index in [0.717, 1.165) is 0 Å². The highest BCUT2D eigenvalue weighted by Crippen LogP contribution is 2.20. The van der Waals surface area contributed by atoms with Gasteiger partial charge in [0, 0.05) is 13.0 Å². The number of nitrogens with two attached hydrogens (primary N) is 1. The topological polar surface area (TPSA) is 69.2 Å². The molecule has 1 aromatic rings. The molecular weight excluding hydrogens is 218 g/mol. The molecule has 2 N–H and O–H groups in total. The summed E-state index contributed by atoms with van der Waals surface area (Å²) in [6, 6.07) is 1.22. The van der Waals surface area contributed by atoms with Crippen molar-refractivity contribution in [3.8, 4) is 11.8 Å². The summed E-state index contributed by atoms with van der Waals surface area (Å²) in [6.45, 7) is 0.310. The van der Waals surface area contributed by atoms with Gasteiger partial charge < -0.3 is 5.73 Å². The van der Waals surface area contributed by atoms with E-state index in [0.29, 0.717) is 25.1 Å². The van der Waals surface area contributed by atoms with Gasteiger partial charge in [-0.3, -0.25) is 10.1 Å². The Morgan fingerprint density at radius 1 is 1.38 bits per heavy atom. The van der Waals surface area contributed by atoms with Gasteiger partial charge in [-0.1, -0.05) is 11.8 Å². The van der Waals surface area contributed by atoms with Crippen molar-refractivity contribution in [1.82, 2.24) is 0 Å². The summed E-state index contributed by atoms with van der Waals surface area (Å²) in [4.78, 5) is 9.30. The van der Waals surface area contributed by atoms with Crippen molar-refractivity contribution in [2.45, 2.75) is 6.42 Å². The van der Waals surface area contributed by atoms with Crippen LogP contribution in [0.5, 0.6) is 0 Å². The maximum absolute atomic E-state index is 13.2. The fourth-order valence-electron chi connectivity index (χ4n) is 1.00. The molecule has 0 aliphatic heterocycles. The molecule has 0 atom stereocenters. The first-order valence-corrected chi connectivity index (χ1v) is 4.38. The zero-order chi connectivity index (χ0) is 12.1. The molecular formula is C10H8F2N2O2. The first-order valence-electron chi connectivity index (χ1n) is 4.38. The molecule has 0 saturated carbocycles. The molecule has 0 unspecified atom stereocenters. The molecule has 6 heteroatoms. The lowest BCUT2D eigenvalue weighted by atomic mass is 10.2. The van der Waals surface area contributed by atoms with Crippen LogP contribution in [-0.4, -0.2) is 11.5 Å². The number of nitrogens with zero attached hydrogens (tertiary/aromatic N) is 1. The van der Waals surface area contributed by atoms with Crippen LogP contribution in [0.25, 0.3) is 0 Å². The summed E-state index contributed by atoms with van der Waals surface area (Å²) in [5, 5.41) is 10.3. The first kappa shape index (κ1) is 12.1. The average molecular weight is 226 g/mol. The summed E-state index contributed by atoms with van der Waals surface area (Å²) in [5.41, 5.74) is 4.05. The van der Waals surface area contributed by atoms with Gasteiger partial charge in [0.05, 0.1) is 16.6 Å². The SMILES string of the molecule is NCCC#Cc1cc(F)c([N+](=O)[O-])cc1F. The molecule has 84 valence electrons. The predicted octanol–water partition coefficient (Wildman–Crippen LogP) is 1.57. The fraction of sp³-hybridized carbons (Fsp3) is 0.200. The Morgan fingerprint density at radius 2 is 2.06 bits per heavy atom. The second-order valence-corrected chi connectivity index (χ2v) is 2.88. The molecule has 1 aromatic carbocycles. The van der Waals surface area contributed by atoms with Crippen molar-refractivity contribution in [2.24, 2.45) is 5.73 Å². The molecule has 0 amide bonds. The largest absolute Gasteiger partial charge is 0.330 e. The Kier molecular flexibility index (Phi) is 3.91. The van der Waals surface area contributed by atoms with Gasteiger partial charge in [-0.05, 0) is 6.07 Å². The van der Waals surface area contributed by atoms with Gasteiger partial charge in [-0.15, -0.1) is 0 Å².